The average molecular weight is 303 g/mol. The van der Waals surface area contributed by atoms with Crippen LogP contribution in [0.4, 0.5) is 0 Å². The summed E-state index contributed by atoms with van der Waals surface area (Å²) in [6.07, 6.45) is 2.34. The Bertz CT molecular complexity index is 580. The zero-order valence-electron chi connectivity index (χ0n) is 12.5. The molecule has 0 bridgehead atoms. The molecule has 21 heavy (non-hydrogen) atoms. The van der Waals surface area contributed by atoms with E-state index in [-0.39, 0.29) is 17.7 Å². The van der Waals surface area contributed by atoms with Crippen LogP contribution in [-0.4, -0.2) is 23.0 Å². The second-order valence-electron chi connectivity index (χ2n) is 5.17. The minimum Gasteiger partial charge on any atom is -0.508 e. The van der Waals surface area contributed by atoms with E-state index in [1.165, 1.54) is 4.88 Å². The summed E-state index contributed by atoms with van der Waals surface area (Å²) < 4.78 is 0. The fraction of sp³-hybridized carbons (Fsp3) is 0.353. The Morgan fingerprint density at radius 1 is 1.29 bits per heavy atom. The van der Waals surface area contributed by atoms with E-state index in [0.717, 1.165) is 18.4 Å². The van der Waals surface area contributed by atoms with Crippen LogP contribution in [0, 0.1) is 0 Å². The molecule has 112 valence electrons. The van der Waals surface area contributed by atoms with Crippen molar-refractivity contribution in [3.63, 3.8) is 0 Å². The number of benzene rings is 1. The number of thiophene rings is 1. The summed E-state index contributed by atoms with van der Waals surface area (Å²) in [5.41, 5.74) is 0.784. The Morgan fingerprint density at radius 2 is 2.05 bits per heavy atom. The summed E-state index contributed by atoms with van der Waals surface area (Å²) in [7, 11) is 1.80. The molecule has 0 aliphatic heterocycles. The summed E-state index contributed by atoms with van der Waals surface area (Å²) in [5.74, 6) is 0.352. The molecule has 1 N–H and O–H groups in total. The molecule has 4 heteroatoms. The number of amides is 1. The van der Waals surface area contributed by atoms with Crippen molar-refractivity contribution in [2.24, 2.45) is 0 Å². The van der Waals surface area contributed by atoms with Crippen LogP contribution in [0.3, 0.4) is 0 Å². The number of hydrogen-bond acceptors (Lipinski definition) is 3. The molecule has 1 unspecified atom stereocenters. The largest absolute Gasteiger partial charge is 0.508 e. The topological polar surface area (TPSA) is 40.5 Å². The third-order valence-corrected chi connectivity index (χ3v) is 4.69. The lowest BCUT2D eigenvalue weighted by molar-refractivity contribution is -0.131. The number of phenolic OH excluding ortho intramolecular Hbond substituents is 1. The summed E-state index contributed by atoms with van der Waals surface area (Å²) in [5, 5.41) is 11.9. The van der Waals surface area contributed by atoms with Crippen molar-refractivity contribution in [2.45, 2.75) is 32.2 Å². The summed E-state index contributed by atoms with van der Waals surface area (Å²) in [6, 6.07) is 11.2. The van der Waals surface area contributed by atoms with Gasteiger partial charge in [-0.3, -0.25) is 4.79 Å². The van der Waals surface area contributed by atoms with E-state index in [2.05, 4.69) is 11.4 Å². The molecule has 1 atom stereocenters. The van der Waals surface area contributed by atoms with Crippen LogP contribution in [0.15, 0.2) is 41.8 Å². The third-order valence-electron chi connectivity index (χ3n) is 3.76. The van der Waals surface area contributed by atoms with Crippen LogP contribution in [-0.2, 0) is 11.2 Å². The van der Waals surface area contributed by atoms with Crippen molar-refractivity contribution < 1.29 is 9.90 Å². The van der Waals surface area contributed by atoms with Gasteiger partial charge in [-0.05, 0) is 37.3 Å². The van der Waals surface area contributed by atoms with Gasteiger partial charge in [-0.2, -0.15) is 0 Å². The van der Waals surface area contributed by atoms with E-state index in [4.69, 9.17) is 0 Å². The van der Waals surface area contributed by atoms with Crippen molar-refractivity contribution >= 4 is 17.2 Å². The highest BCUT2D eigenvalue weighted by Gasteiger charge is 2.19. The molecule has 1 heterocycles. The SMILES string of the molecule is CC(c1ccccc1O)N(C)C(=O)CCCc1cccs1. The van der Waals surface area contributed by atoms with Gasteiger partial charge in [-0.1, -0.05) is 24.3 Å². The first-order chi connectivity index (χ1) is 10.1. The van der Waals surface area contributed by atoms with Crippen LogP contribution >= 0.6 is 11.3 Å². The Hall–Kier alpha value is -1.81. The van der Waals surface area contributed by atoms with Gasteiger partial charge in [0, 0.05) is 23.9 Å². The molecule has 0 aliphatic rings. The molecule has 0 saturated heterocycles. The number of nitrogens with zero attached hydrogens (tertiary/aromatic N) is 1. The quantitative estimate of drug-likeness (QED) is 0.876. The molecular formula is C17H21NO2S. The second-order valence-corrected chi connectivity index (χ2v) is 6.20. The molecule has 2 rings (SSSR count). The Morgan fingerprint density at radius 3 is 2.71 bits per heavy atom. The fourth-order valence-electron chi connectivity index (χ4n) is 2.31. The lowest BCUT2D eigenvalue weighted by Crippen LogP contribution is -2.29. The standard InChI is InChI=1S/C17H21NO2S/c1-13(15-9-3-4-10-16(15)19)18(2)17(20)11-5-7-14-8-6-12-21-14/h3-4,6,8-10,12-13,19H,5,7,11H2,1-2H3. The average Bonchev–Trinajstić information content (AvgIpc) is 2.99. The third kappa shape index (κ3) is 4.08. The van der Waals surface area contributed by atoms with E-state index in [1.807, 2.05) is 25.1 Å². The van der Waals surface area contributed by atoms with E-state index in [9.17, 15) is 9.90 Å². The van der Waals surface area contributed by atoms with Crippen LogP contribution in [0.25, 0.3) is 0 Å². The van der Waals surface area contributed by atoms with E-state index >= 15 is 0 Å². The number of aromatic hydroxyl groups is 1. The van der Waals surface area contributed by atoms with E-state index < -0.39 is 0 Å². The number of phenols is 1. The zero-order valence-corrected chi connectivity index (χ0v) is 13.3. The lowest BCUT2D eigenvalue weighted by atomic mass is 10.1. The molecule has 1 aromatic carbocycles. The first-order valence-corrected chi connectivity index (χ1v) is 8.03. The molecule has 0 saturated carbocycles. The maximum atomic E-state index is 12.2. The smallest absolute Gasteiger partial charge is 0.222 e. The lowest BCUT2D eigenvalue weighted by Gasteiger charge is -2.26. The van der Waals surface area contributed by atoms with Gasteiger partial charge in [0.05, 0.1) is 6.04 Å². The molecule has 3 nitrogen and oxygen atoms in total. The molecular weight excluding hydrogens is 282 g/mol. The van der Waals surface area contributed by atoms with Crippen molar-refractivity contribution in [1.82, 2.24) is 4.90 Å². The number of hydrogen-bond donors (Lipinski definition) is 1. The van der Waals surface area contributed by atoms with Crippen molar-refractivity contribution in [2.75, 3.05) is 7.05 Å². The predicted octanol–water partition coefficient (Wildman–Crippen LogP) is 4.00. The van der Waals surface area contributed by atoms with E-state index in [0.29, 0.717) is 6.42 Å². The van der Waals surface area contributed by atoms with Crippen LogP contribution in [0.2, 0.25) is 0 Å². The molecule has 0 radical (unpaired) electrons. The number of rotatable bonds is 6. The number of para-hydroxylation sites is 1. The maximum Gasteiger partial charge on any atom is 0.222 e. The second kappa shape index (κ2) is 7.27. The van der Waals surface area contributed by atoms with Gasteiger partial charge in [0.25, 0.3) is 0 Å². The van der Waals surface area contributed by atoms with Crippen LogP contribution in [0.5, 0.6) is 5.75 Å². The highest BCUT2D eigenvalue weighted by Crippen LogP contribution is 2.27. The van der Waals surface area contributed by atoms with Gasteiger partial charge in [-0.25, -0.2) is 0 Å². The Labute approximate surface area is 129 Å². The minimum absolute atomic E-state index is 0.113. The van der Waals surface area contributed by atoms with Gasteiger partial charge in [0.15, 0.2) is 0 Å². The highest BCUT2D eigenvalue weighted by atomic mass is 32.1. The fourth-order valence-corrected chi connectivity index (χ4v) is 3.06. The predicted molar refractivity (Wildman–Crippen MR) is 86.5 cm³/mol. The van der Waals surface area contributed by atoms with Gasteiger partial charge in [0.2, 0.25) is 5.91 Å². The van der Waals surface area contributed by atoms with Gasteiger partial charge in [-0.15, -0.1) is 11.3 Å². The van der Waals surface area contributed by atoms with E-state index in [1.54, 1.807) is 35.4 Å². The van der Waals surface area contributed by atoms with Crippen molar-refractivity contribution in [3.8, 4) is 5.75 Å². The minimum atomic E-state index is -0.125. The molecule has 1 amide bonds. The zero-order chi connectivity index (χ0) is 15.2. The number of carbonyl (C=O) groups is 1. The summed E-state index contributed by atoms with van der Waals surface area (Å²) in [4.78, 5) is 15.3. The molecule has 2 aromatic rings. The maximum absolute atomic E-state index is 12.2. The van der Waals surface area contributed by atoms with Gasteiger partial charge >= 0.3 is 0 Å². The first-order valence-electron chi connectivity index (χ1n) is 7.15. The van der Waals surface area contributed by atoms with Crippen molar-refractivity contribution in [3.05, 3.63) is 52.2 Å². The molecule has 0 spiro atoms. The van der Waals surface area contributed by atoms with Crippen molar-refractivity contribution in [1.29, 1.82) is 0 Å². The highest BCUT2D eigenvalue weighted by molar-refractivity contribution is 7.09. The Balaban J connectivity index is 1.88. The first kappa shape index (κ1) is 15.6. The monoisotopic (exact) mass is 303 g/mol. The van der Waals surface area contributed by atoms with Crippen LogP contribution in [0.1, 0.15) is 36.2 Å². The normalized spacial score (nSPS) is 12.1. The number of aryl methyl sites for hydroxylation is 1. The van der Waals surface area contributed by atoms with Gasteiger partial charge < -0.3 is 10.0 Å². The summed E-state index contributed by atoms with van der Waals surface area (Å²) in [6.45, 7) is 1.94. The van der Waals surface area contributed by atoms with Gasteiger partial charge in [0.1, 0.15) is 5.75 Å². The molecule has 0 aliphatic carbocycles. The van der Waals surface area contributed by atoms with Crippen LogP contribution < -0.4 is 0 Å². The Kier molecular flexibility index (Phi) is 5.39. The molecule has 0 fully saturated rings. The number of carbonyl (C=O) groups excluding carboxylic acids is 1. The molecule has 1 aromatic heterocycles. The summed E-state index contributed by atoms with van der Waals surface area (Å²) >= 11 is 1.73.